The number of ether oxygens (including phenoxy) is 1. The first-order valence-corrected chi connectivity index (χ1v) is 9.12. The highest BCUT2D eigenvalue weighted by atomic mass is 32.1. The zero-order valence-corrected chi connectivity index (χ0v) is 14.6. The highest BCUT2D eigenvalue weighted by Gasteiger charge is 2.51. The van der Waals surface area contributed by atoms with Crippen molar-refractivity contribution in [3.05, 3.63) is 34.8 Å². The molecule has 1 spiro atoms. The summed E-state index contributed by atoms with van der Waals surface area (Å²) >= 11 is 1.13. The van der Waals surface area contributed by atoms with Gasteiger partial charge >= 0.3 is 0 Å². The second-order valence-electron chi connectivity index (χ2n) is 6.22. The van der Waals surface area contributed by atoms with Crippen molar-refractivity contribution in [1.29, 1.82) is 0 Å². The number of carbonyl (C=O) groups excluding carboxylic acids is 2. The summed E-state index contributed by atoms with van der Waals surface area (Å²) < 4.78 is 9.19. The fraction of sp³-hybridized carbons (Fsp3) is 0.412. The van der Waals surface area contributed by atoms with Gasteiger partial charge in [0.25, 0.3) is 5.91 Å². The first-order chi connectivity index (χ1) is 12.2. The molecule has 4 rings (SSSR count). The molecule has 8 heteroatoms. The maximum absolute atomic E-state index is 13.1. The van der Waals surface area contributed by atoms with E-state index in [0.717, 1.165) is 22.8 Å². The molecule has 0 bridgehead atoms. The van der Waals surface area contributed by atoms with Gasteiger partial charge in [-0.05, 0) is 55.1 Å². The normalized spacial score (nSPS) is 18.4. The first kappa shape index (κ1) is 16.2. The summed E-state index contributed by atoms with van der Waals surface area (Å²) in [5.41, 5.74) is 2.33. The molecular formula is C17H18N4O3S. The minimum absolute atomic E-state index is 0.139. The van der Waals surface area contributed by atoms with E-state index in [0.29, 0.717) is 38.3 Å². The Morgan fingerprint density at radius 2 is 2.20 bits per heavy atom. The van der Waals surface area contributed by atoms with Crippen molar-refractivity contribution in [1.82, 2.24) is 9.59 Å². The second kappa shape index (κ2) is 6.20. The maximum Gasteiger partial charge on any atom is 0.277 e. The largest absolute Gasteiger partial charge is 0.381 e. The van der Waals surface area contributed by atoms with Gasteiger partial charge in [-0.1, -0.05) is 4.49 Å². The third kappa shape index (κ3) is 2.52. The molecule has 0 aliphatic carbocycles. The van der Waals surface area contributed by atoms with Crippen molar-refractivity contribution in [3.63, 3.8) is 0 Å². The number of nitrogens with zero attached hydrogens (tertiary/aromatic N) is 3. The van der Waals surface area contributed by atoms with Gasteiger partial charge in [-0.25, -0.2) is 0 Å². The van der Waals surface area contributed by atoms with Crippen LogP contribution in [0.3, 0.4) is 0 Å². The minimum atomic E-state index is -0.535. The van der Waals surface area contributed by atoms with E-state index in [1.807, 2.05) is 30.0 Å². The molecular weight excluding hydrogens is 340 g/mol. The molecule has 1 N–H and O–H groups in total. The van der Waals surface area contributed by atoms with Gasteiger partial charge in [0.15, 0.2) is 5.69 Å². The molecule has 0 saturated carbocycles. The van der Waals surface area contributed by atoms with Crippen molar-refractivity contribution in [2.75, 3.05) is 30.0 Å². The summed E-state index contributed by atoms with van der Waals surface area (Å²) in [5, 5.41) is 8.23. The Hall–Kier alpha value is -2.32. The van der Waals surface area contributed by atoms with Crippen LogP contribution in [0.5, 0.6) is 0 Å². The van der Waals surface area contributed by atoms with Gasteiger partial charge in [-0.15, -0.1) is 5.10 Å². The molecule has 2 aliphatic heterocycles. The molecule has 0 atom stereocenters. The number of carbonyl (C=O) groups is 2. The zero-order chi connectivity index (χ0) is 17.4. The van der Waals surface area contributed by atoms with Crippen molar-refractivity contribution >= 4 is 34.7 Å². The number of nitrogens with one attached hydrogen (secondary N) is 1. The molecule has 3 heterocycles. The number of rotatable bonds is 3. The molecule has 7 nitrogen and oxygen atoms in total. The van der Waals surface area contributed by atoms with Crippen LogP contribution in [0.2, 0.25) is 0 Å². The number of anilines is 2. The summed E-state index contributed by atoms with van der Waals surface area (Å²) in [4.78, 5) is 27.1. The van der Waals surface area contributed by atoms with Gasteiger partial charge in [0.05, 0.1) is 5.41 Å². The fourth-order valence-corrected chi connectivity index (χ4v) is 4.13. The van der Waals surface area contributed by atoms with Crippen LogP contribution < -0.4 is 10.2 Å². The van der Waals surface area contributed by atoms with Crippen LogP contribution in [0.25, 0.3) is 0 Å². The van der Waals surface area contributed by atoms with Crippen molar-refractivity contribution in [3.8, 4) is 0 Å². The smallest absolute Gasteiger partial charge is 0.277 e. The number of aromatic nitrogens is 2. The zero-order valence-electron chi connectivity index (χ0n) is 13.8. The van der Waals surface area contributed by atoms with E-state index in [2.05, 4.69) is 14.9 Å². The molecule has 2 aliphatic rings. The summed E-state index contributed by atoms with van der Waals surface area (Å²) in [7, 11) is 0. The molecule has 0 radical (unpaired) electrons. The molecule has 1 aromatic carbocycles. The van der Waals surface area contributed by atoms with Crippen LogP contribution in [0, 0.1) is 0 Å². The topological polar surface area (TPSA) is 84.4 Å². The van der Waals surface area contributed by atoms with Crippen molar-refractivity contribution in [2.45, 2.75) is 25.2 Å². The Kier molecular flexibility index (Phi) is 4.01. The van der Waals surface area contributed by atoms with E-state index in [1.54, 1.807) is 5.38 Å². The molecule has 2 amide bonds. The van der Waals surface area contributed by atoms with Crippen molar-refractivity contribution in [2.24, 2.45) is 0 Å². The van der Waals surface area contributed by atoms with E-state index in [9.17, 15) is 9.59 Å². The lowest BCUT2D eigenvalue weighted by Crippen LogP contribution is -2.44. The Morgan fingerprint density at radius 3 is 2.88 bits per heavy atom. The summed E-state index contributed by atoms with van der Waals surface area (Å²) in [6.45, 7) is 3.75. The molecule has 25 heavy (non-hydrogen) atoms. The highest BCUT2D eigenvalue weighted by molar-refractivity contribution is 7.03. The molecule has 2 aromatic rings. The highest BCUT2D eigenvalue weighted by Crippen LogP contribution is 2.48. The number of amides is 2. The van der Waals surface area contributed by atoms with E-state index in [4.69, 9.17) is 4.74 Å². The average molecular weight is 358 g/mol. The fourth-order valence-electron chi connectivity index (χ4n) is 3.69. The predicted octanol–water partition coefficient (Wildman–Crippen LogP) is 2.21. The van der Waals surface area contributed by atoms with Crippen LogP contribution in [0.15, 0.2) is 23.6 Å². The number of hydrogen-bond donors (Lipinski definition) is 1. The molecule has 1 aromatic heterocycles. The SMILES string of the molecule is CCN1C(=O)C2(CCOCC2)c2cc(NC(=O)c3csnn3)ccc21. The van der Waals surface area contributed by atoms with Crippen molar-refractivity contribution < 1.29 is 14.3 Å². The molecule has 1 saturated heterocycles. The van der Waals surface area contributed by atoms with E-state index < -0.39 is 5.41 Å². The summed E-state index contributed by atoms with van der Waals surface area (Å²) in [6.07, 6.45) is 1.34. The number of likely N-dealkylation sites (N-methyl/N-ethyl adjacent to an activating group) is 1. The van der Waals surface area contributed by atoms with Gasteiger partial charge in [-0.2, -0.15) is 0 Å². The van der Waals surface area contributed by atoms with Crippen LogP contribution in [0.1, 0.15) is 35.8 Å². The first-order valence-electron chi connectivity index (χ1n) is 8.28. The maximum atomic E-state index is 13.1. The lowest BCUT2D eigenvalue weighted by atomic mass is 9.75. The summed E-state index contributed by atoms with van der Waals surface area (Å²) in [5.74, 6) is -0.160. The second-order valence-corrected chi connectivity index (χ2v) is 6.83. The van der Waals surface area contributed by atoms with E-state index in [-0.39, 0.29) is 17.5 Å². The van der Waals surface area contributed by atoms with Crippen LogP contribution in [-0.4, -0.2) is 41.2 Å². The minimum Gasteiger partial charge on any atom is -0.381 e. The molecule has 1 fully saturated rings. The quantitative estimate of drug-likeness (QED) is 0.909. The van der Waals surface area contributed by atoms with Crippen LogP contribution in [0.4, 0.5) is 11.4 Å². The molecule has 130 valence electrons. The van der Waals surface area contributed by atoms with Crippen LogP contribution in [-0.2, 0) is 14.9 Å². The number of fused-ring (bicyclic) bond motifs is 2. The standard InChI is InChI=1S/C17H18N4O3S/c1-2-21-14-4-3-11(18-15(22)13-10-25-20-19-13)9-12(14)17(16(21)23)5-7-24-8-6-17/h3-4,9-10H,2,5-8H2,1H3,(H,18,22). The number of benzene rings is 1. The van der Waals surface area contributed by atoms with Gasteiger partial charge in [-0.3, -0.25) is 9.59 Å². The Bertz CT molecular complexity index is 815. The lowest BCUT2D eigenvalue weighted by molar-refractivity contribution is -0.126. The average Bonchev–Trinajstić information content (AvgIpc) is 3.24. The Morgan fingerprint density at radius 1 is 1.40 bits per heavy atom. The van der Waals surface area contributed by atoms with Crippen LogP contribution >= 0.6 is 11.5 Å². The van der Waals surface area contributed by atoms with Gasteiger partial charge in [0.1, 0.15) is 0 Å². The summed E-state index contributed by atoms with van der Waals surface area (Å²) in [6, 6.07) is 5.66. The lowest BCUT2D eigenvalue weighted by Gasteiger charge is -2.32. The number of hydrogen-bond acceptors (Lipinski definition) is 6. The third-order valence-electron chi connectivity index (χ3n) is 4.97. The molecule has 0 unspecified atom stereocenters. The van der Waals surface area contributed by atoms with Gasteiger partial charge in [0, 0.05) is 36.5 Å². The predicted molar refractivity (Wildman–Crippen MR) is 94.1 cm³/mol. The Labute approximate surface area is 149 Å². The Balaban J connectivity index is 1.71. The third-order valence-corrected chi connectivity index (χ3v) is 5.48. The van der Waals surface area contributed by atoms with Gasteiger partial charge < -0.3 is 15.0 Å². The van der Waals surface area contributed by atoms with Gasteiger partial charge in [0.2, 0.25) is 5.91 Å². The van der Waals surface area contributed by atoms with E-state index >= 15 is 0 Å². The monoisotopic (exact) mass is 358 g/mol. The van der Waals surface area contributed by atoms with E-state index in [1.165, 1.54) is 0 Å².